The molecule has 2 aromatic heterocycles. The first-order valence-corrected chi connectivity index (χ1v) is 14.4. The van der Waals surface area contributed by atoms with Crippen LogP contribution in [0.5, 0.6) is 0 Å². The van der Waals surface area contributed by atoms with Crippen LogP contribution in [0.4, 0.5) is 25.8 Å². The van der Waals surface area contributed by atoms with E-state index in [2.05, 4.69) is 4.98 Å². The summed E-state index contributed by atoms with van der Waals surface area (Å²) in [5.74, 6) is -2.70. The third kappa shape index (κ3) is 4.44. The van der Waals surface area contributed by atoms with Crippen LogP contribution < -0.4 is 9.80 Å². The highest BCUT2D eigenvalue weighted by molar-refractivity contribution is 6.09. The number of alkyl halides is 2. The molecule has 43 heavy (non-hydrogen) atoms. The molecule has 3 heterocycles. The highest BCUT2D eigenvalue weighted by atomic mass is 19.3. The topological polar surface area (TPSA) is 24.3 Å². The molecule has 7 rings (SSSR count). The number of benzene rings is 4. The number of para-hydroxylation sites is 3. The minimum absolute atomic E-state index is 0.0179. The van der Waals surface area contributed by atoms with E-state index in [4.69, 9.17) is 4.11 Å². The Labute approximate surface area is 255 Å². The Kier molecular flexibility index (Phi) is 5.35. The van der Waals surface area contributed by atoms with Crippen LogP contribution in [0.3, 0.4) is 0 Å². The van der Waals surface area contributed by atoms with E-state index in [0.29, 0.717) is 28.4 Å². The van der Waals surface area contributed by atoms with Crippen LogP contribution in [0.2, 0.25) is 0 Å². The molecule has 216 valence electrons. The second kappa shape index (κ2) is 9.66. The Morgan fingerprint density at radius 3 is 2.23 bits per heavy atom. The van der Waals surface area contributed by atoms with Gasteiger partial charge in [-0.2, -0.15) is 8.78 Å². The molecule has 0 N–H and O–H groups in total. The van der Waals surface area contributed by atoms with Crippen LogP contribution in [-0.2, 0) is 11.3 Å². The number of nitrogens with zero attached hydrogens (tertiary/aromatic N) is 4. The van der Waals surface area contributed by atoms with E-state index in [1.165, 1.54) is 17.0 Å². The molecular weight excluding hydrogens is 538 g/mol. The Morgan fingerprint density at radius 2 is 1.47 bits per heavy atom. The van der Waals surface area contributed by atoms with Crippen molar-refractivity contribution in [3.63, 3.8) is 0 Å². The average molecular weight is 576 g/mol. The normalized spacial score (nSPS) is 15.1. The van der Waals surface area contributed by atoms with Crippen molar-refractivity contribution in [3.05, 3.63) is 126 Å². The zero-order chi connectivity index (χ0) is 32.6. The number of anilines is 3. The van der Waals surface area contributed by atoms with Gasteiger partial charge in [-0.1, -0.05) is 63.2 Å². The quantitative estimate of drug-likeness (QED) is 0.209. The van der Waals surface area contributed by atoms with Gasteiger partial charge in [0.25, 0.3) is 5.92 Å². The smallest absolute Gasteiger partial charge is 0.298 e. The average Bonchev–Trinajstić information content (AvgIpc) is 3.57. The lowest BCUT2D eigenvalue weighted by Crippen LogP contribution is -2.25. The lowest BCUT2D eigenvalue weighted by Gasteiger charge is -2.28. The summed E-state index contributed by atoms with van der Waals surface area (Å²) in [5.41, 5.74) is 4.25. The summed E-state index contributed by atoms with van der Waals surface area (Å²) >= 11 is 0. The van der Waals surface area contributed by atoms with Crippen LogP contribution in [0, 0.1) is 6.92 Å². The van der Waals surface area contributed by atoms with Crippen LogP contribution in [0.1, 0.15) is 47.1 Å². The van der Waals surface area contributed by atoms with Crippen LogP contribution >= 0.6 is 0 Å². The zero-order valence-corrected chi connectivity index (χ0v) is 24.6. The van der Waals surface area contributed by atoms with Gasteiger partial charge in [0.05, 0.1) is 29.1 Å². The van der Waals surface area contributed by atoms with Gasteiger partial charge in [-0.25, -0.2) is 4.98 Å². The maximum absolute atomic E-state index is 16.9. The summed E-state index contributed by atoms with van der Waals surface area (Å²) in [6.45, 7) is 5.57. The van der Waals surface area contributed by atoms with Crippen molar-refractivity contribution in [2.24, 2.45) is 0 Å². The highest BCUT2D eigenvalue weighted by Crippen LogP contribution is 2.45. The predicted octanol–water partition coefficient (Wildman–Crippen LogP) is 9.47. The molecule has 6 heteroatoms. The Balaban J connectivity index is 1.41. The van der Waals surface area contributed by atoms with Gasteiger partial charge in [0, 0.05) is 44.9 Å². The van der Waals surface area contributed by atoms with Crippen LogP contribution in [-0.4, -0.2) is 23.2 Å². The molecule has 0 amide bonds. The summed E-state index contributed by atoms with van der Waals surface area (Å²) in [7, 11) is 0. The van der Waals surface area contributed by atoms with E-state index in [9.17, 15) is 0 Å². The molecule has 0 saturated carbocycles. The molecule has 0 atom stereocenters. The fourth-order valence-corrected chi connectivity index (χ4v) is 6.04. The maximum Gasteiger partial charge on any atom is 0.298 e. The molecule has 1 aliphatic rings. The van der Waals surface area contributed by atoms with Crippen LogP contribution in [0.15, 0.2) is 103 Å². The first-order valence-electron chi connectivity index (χ1n) is 15.9. The van der Waals surface area contributed by atoms with E-state index >= 15 is 8.78 Å². The zero-order valence-electron chi connectivity index (χ0n) is 27.6. The maximum atomic E-state index is 16.9. The number of pyridine rings is 1. The Morgan fingerprint density at radius 1 is 0.744 bits per heavy atom. The van der Waals surface area contributed by atoms with Gasteiger partial charge in [-0.15, -0.1) is 0 Å². The van der Waals surface area contributed by atoms with Gasteiger partial charge >= 0.3 is 0 Å². The minimum Gasteiger partial charge on any atom is -0.355 e. The molecule has 0 unspecified atom stereocenters. The monoisotopic (exact) mass is 575 g/mol. The standard InChI is InChI=1S/C37H34F2N4/c1-24-16-17-40-35(18-24)43-31-11-7-6-10-29(31)30-15-14-25(22-34(30)43)37(38,39)27-19-26(36(2,3)4)20-28(21-27)42-23-41(5)32-12-8-9-13-33(32)42/h6-22H,23H2,1-5H3/i5D3. The highest BCUT2D eigenvalue weighted by Gasteiger charge is 2.37. The van der Waals surface area contributed by atoms with E-state index in [1.54, 1.807) is 41.4 Å². The van der Waals surface area contributed by atoms with Crippen molar-refractivity contribution in [1.82, 2.24) is 9.55 Å². The Bertz CT molecular complexity index is 2130. The largest absolute Gasteiger partial charge is 0.355 e. The number of aryl methyl sites for hydroxylation is 1. The summed E-state index contributed by atoms with van der Waals surface area (Å²) in [4.78, 5) is 7.73. The van der Waals surface area contributed by atoms with Crippen molar-refractivity contribution in [2.45, 2.75) is 39.0 Å². The number of halogens is 2. The fourth-order valence-electron chi connectivity index (χ4n) is 6.04. The molecular formula is C37H34F2N4. The second-order valence-electron chi connectivity index (χ2n) is 12.4. The van der Waals surface area contributed by atoms with Crippen molar-refractivity contribution in [2.75, 3.05) is 23.4 Å². The fraction of sp³-hybridized carbons (Fsp3) is 0.216. The summed E-state index contributed by atoms with van der Waals surface area (Å²) in [6.07, 6.45) is 1.73. The van der Waals surface area contributed by atoms with Gasteiger partial charge in [0.1, 0.15) is 5.82 Å². The van der Waals surface area contributed by atoms with Gasteiger partial charge in [-0.05, 0) is 78.1 Å². The number of aromatic nitrogens is 2. The molecule has 0 fully saturated rings. The summed E-state index contributed by atoms with van der Waals surface area (Å²) < 4.78 is 60.1. The number of hydrogen-bond donors (Lipinski definition) is 0. The Hall–Kier alpha value is -4.71. The molecule has 4 aromatic carbocycles. The van der Waals surface area contributed by atoms with E-state index in [-0.39, 0.29) is 17.8 Å². The van der Waals surface area contributed by atoms with Crippen molar-refractivity contribution in [1.29, 1.82) is 0 Å². The molecule has 1 aliphatic heterocycles. The molecule has 4 nitrogen and oxygen atoms in total. The van der Waals surface area contributed by atoms with Crippen molar-refractivity contribution >= 4 is 38.9 Å². The molecule has 0 bridgehead atoms. The third-order valence-corrected chi connectivity index (χ3v) is 8.37. The SMILES string of the molecule is [2H]C([2H])([2H])N1CN(c2cc(C(C)(C)C)cc(C(F)(F)c3ccc4c5ccccc5n(-c5cc(C)ccn5)c4c3)c2)c2ccccc21. The van der Waals surface area contributed by atoms with E-state index in [1.807, 2.05) is 86.9 Å². The van der Waals surface area contributed by atoms with Crippen LogP contribution in [0.25, 0.3) is 27.6 Å². The molecule has 0 spiro atoms. The molecule has 6 aromatic rings. The molecule has 0 aliphatic carbocycles. The summed E-state index contributed by atoms with van der Waals surface area (Å²) in [6, 6.07) is 28.7. The van der Waals surface area contributed by atoms with Crippen molar-refractivity contribution in [3.8, 4) is 5.82 Å². The van der Waals surface area contributed by atoms with Gasteiger partial charge in [-0.3, -0.25) is 4.57 Å². The predicted molar refractivity (Wildman–Crippen MR) is 173 cm³/mol. The first kappa shape index (κ1) is 23.8. The molecule has 0 radical (unpaired) electrons. The first-order chi connectivity index (χ1) is 21.7. The third-order valence-electron chi connectivity index (χ3n) is 8.37. The lowest BCUT2D eigenvalue weighted by atomic mass is 9.84. The second-order valence-corrected chi connectivity index (χ2v) is 12.4. The summed E-state index contributed by atoms with van der Waals surface area (Å²) in [5, 5.41) is 1.82. The van der Waals surface area contributed by atoms with Crippen molar-refractivity contribution < 1.29 is 12.9 Å². The van der Waals surface area contributed by atoms with Gasteiger partial charge in [0.15, 0.2) is 0 Å². The number of rotatable bonds is 4. The molecule has 0 saturated heterocycles. The van der Waals surface area contributed by atoms with E-state index in [0.717, 1.165) is 27.4 Å². The minimum atomic E-state index is -3.37. The van der Waals surface area contributed by atoms with Gasteiger partial charge in [0.2, 0.25) is 0 Å². The lowest BCUT2D eigenvalue weighted by molar-refractivity contribution is 0.0428. The number of hydrogen-bond acceptors (Lipinski definition) is 3. The van der Waals surface area contributed by atoms with E-state index < -0.39 is 18.3 Å². The van der Waals surface area contributed by atoms with Gasteiger partial charge < -0.3 is 9.80 Å². The number of fused-ring (bicyclic) bond motifs is 4.